The molecule has 0 saturated heterocycles. The number of ether oxygens (including phenoxy) is 1. The van der Waals surface area contributed by atoms with Crippen LogP contribution in [-0.2, 0) is 6.54 Å². The minimum absolute atomic E-state index is 0.761. The number of aromatic amines is 1. The lowest BCUT2D eigenvalue weighted by atomic mass is 10.1. The standard InChI is InChI=1S/C16H17ClN2O/c17-14-8-11-9-19(12-4-1-2-5-12)10-20-16(11)15-13(14)6-3-7-18-15/h3,6-8,12H,1-2,4-5,9-10H2/p+2. The van der Waals surface area contributed by atoms with Crippen LogP contribution < -0.4 is 14.6 Å². The molecule has 1 unspecified atom stereocenters. The van der Waals surface area contributed by atoms with Crippen LogP contribution in [0, 0.1) is 0 Å². The SMILES string of the molecule is Clc1cc2c(c3[nH+]cccc13)OC[NH+](C1CCCC1)C2. The number of benzene rings is 1. The van der Waals surface area contributed by atoms with E-state index in [1.54, 1.807) is 4.90 Å². The number of nitrogens with one attached hydrogen (secondary N) is 2. The van der Waals surface area contributed by atoms with Crippen LogP contribution in [0.2, 0.25) is 5.02 Å². The summed E-state index contributed by atoms with van der Waals surface area (Å²) in [5.41, 5.74) is 2.26. The van der Waals surface area contributed by atoms with Gasteiger partial charge < -0.3 is 4.74 Å². The maximum atomic E-state index is 6.42. The third kappa shape index (κ3) is 1.97. The van der Waals surface area contributed by atoms with Crippen molar-refractivity contribution in [3.63, 3.8) is 0 Å². The Bertz CT molecular complexity index is 652. The van der Waals surface area contributed by atoms with Crippen LogP contribution in [0.1, 0.15) is 31.2 Å². The molecule has 4 heteroatoms. The maximum Gasteiger partial charge on any atom is 0.255 e. The number of hydrogen-bond acceptors (Lipinski definition) is 1. The number of aromatic nitrogens is 1. The summed E-state index contributed by atoms with van der Waals surface area (Å²) in [4.78, 5) is 4.84. The molecule has 20 heavy (non-hydrogen) atoms. The van der Waals surface area contributed by atoms with Crippen LogP contribution in [0.4, 0.5) is 0 Å². The molecule has 4 rings (SSSR count). The van der Waals surface area contributed by atoms with Gasteiger partial charge in [-0.05, 0) is 37.8 Å². The first-order valence-electron chi connectivity index (χ1n) is 7.42. The fraction of sp³-hybridized carbons (Fsp3) is 0.438. The molecule has 0 amide bonds. The minimum atomic E-state index is 0.761. The normalized spacial score (nSPS) is 22.8. The molecule has 2 aliphatic rings. The molecular weight excluding hydrogens is 272 g/mol. The van der Waals surface area contributed by atoms with E-state index < -0.39 is 0 Å². The van der Waals surface area contributed by atoms with Crippen molar-refractivity contribution in [1.29, 1.82) is 0 Å². The second kappa shape index (κ2) is 4.90. The third-order valence-electron chi connectivity index (χ3n) is 4.69. The van der Waals surface area contributed by atoms with Gasteiger partial charge in [0.1, 0.15) is 6.54 Å². The molecule has 2 heterocycles. The monoisotopic (exact) mass is 290 g/mol. The zero-order chi connectivity index (χ0) is 13.5. The van der Waals surface area contributed by atoms with Crippen LogP contribution in [-0.4, -0.2) is 12.8 Å². The summed E-state index contributed by atoms with van der Waals surface area (Å²) >= 11 is 6.42. The van der Waals surface area contributed by atoms with E-state index in [9.17, 15) is 0 Å². The highest BCUT2D eigenvalue weighted by Gasteiger charge is 2.32. The van der Waals surface area contributed by atoms with E-state index in [1.807, 2.05) is 18.3 Å². The Morgan fingerprint density at radius 1 is 1.30 bits per heavy atom. The molecule has 0 bridgehead atoms. The Morgan fingerprint density at radius 3 is 3.00 bits per heavy atom. The van der Waals surface area contributed by atoms with E-state index in [0.717, 1.165) is 41.0 Å². The lowest BCUT2D eigenvalue weighted by molar-refractivity contribution is -0.955. The molecule has 1 aliphatic heterocycles. The molecule has 2 N–H and O–H groups in total. The van der Waals surface area contributed by atoms with Gasteiger partial charge >= 0.3 is 0 Å². The lowest BCUT2D eigenvalue weighted by Gasteiger charge is -2.30. The van der Waals surface area contributed by atoms with Crippen molar-refractivity contribution in [3.8, 4) is 5.75 Å². The topological polar surface area (TPSA) is 27.8 Å². The number of H-pyrrole nitrogens is 1. The first kappa shape index (κ1) is 12.4. The van der Waals surface area contributed by atoms with Crippen molar-refractivity contribution in [2.75, 3.05) is 6.73 Å². The molecule has 1 aliphatic carbocycles. The molecule has 104 valence electrons. The van der Waals surface area contributed by atoms with Crippen molar-refractivity contribution >= 4 is 22.5 Å². The van der Waals surface area contributed by atoms with E-state index in [4.69, 9.17) is 16.3 Å². The van der Waals surface area contributed by atoms with Crippen LogP contribution >= 0.6 is 11.6 Å². The van der Waals surface area contributed by atoms with Crippen molar-refractivity contribution in [2.24, 2.45) is 0 Å². The van der Waals surface area contributed by atoms with Crippen molar-refractivity contribution < 1.29 is 14.6 Å². The fourth-order valence-corrected chi connectivity index (χ4v) is 3.92. The number of fused-ring (bicyclic) bond motifs is 3. The fourth-order valence-electron chi connectivity index (χ4n) is 3.63. The molecule has 1 atom stereocenters. The first-order valence-corrected chi connectivity index (χ1v) is 7.80. The summed E-state index contributed by atoms with van der Waals surface area (Å²) in [6, 6.07) is 6.85. The van der Waals surface area contributed by atoms with Crippen molar-refractivity contribution in [3.05, 3.63) is 35.0 Å². The molecule has 3 nitrogen and oxygen atoms in total. The average molecular weight is 291 g/mol. The van der Waals surface area contributed by atoms with Gasteiger partial charge in [-0.3, -0.25) is 4.90 Å². The predicted octanol–water partition coefficient (Wildman–Crippen LogP) is 1.98. The maximum absolute atomic E-state index is 6.42. The Morgan fingerprint density at radius 2 is 2.15 bits per heavy atom. The van der Waals surface area contributed by atoms with E-state index in [-0.39, 0.29) is 0 Å². The molecule has 0 spiro atoms. The smallest absolute Gasteiger partial charge is 0.255 e. The van der Waals surface area contributed by atoms with Gasteiger partial charge in [0.15, 0.2) is 6.20 Å². The molecule has 2 aromatic rings. The van der Waals surface area contributed by atoms with Crippen molar-refractivity contribution in [2.45, 2.75) is 38.3 Å². The molecule has 0 radical (unpaired) electrons. The van der Waals surface area contributed by atoms with Crippen LogP contribution in [0.5, 0.6) is 5.75 Å². The zero-order valence-electron chi connectivity index (χ0n) is 11.4. The van der Waals surface area contributed by atoms with Crippen LogP contribution in [0.25, 0.3) is 10.9 Å². The van der Waals surface area contributed by atoms with Crippen molar-refractivity contribution in [1.82, 2.24) is 0 Å². The Labute approximate surface area is 123 Å². The third-order valence-corrected chi connectivity index (χ3v) is 5.00. The van der Waals surface area contributed by atoms with E-state index >= 15 is 0 Å². The molecule has 1 fully saturated rings. The van der Waals surface area contributed by atoms with Gasteiger partial charge in [-0.25, -0.2) is 4.98 Å². The number of quaternary nitrogens is 1. The lowest BCUT2D eigenvalue weighted by Crippen LogP contribution is -3.15. The summed E-state index contributed by atoms with van der Waals surface area (Å²) in [7, 11) is 0. The summed E-state index contributed by atoms with van der Waals surface area (Å²) < 4.78 is 6.09. The number of halogens is 1. The summed E-state index contributed by atoms with van der Waals surface area (Å²) in [5, 5.41) is 1.85. The second-order valence-electron chi connectivity index (χ2n) is 5.91. The largest absolute Gasteiger partial charge is 0.438 e. The highest BCUT2D eigenvalue weighted by molar-refractivity contribution is 6.35. The minimum Gasteiger partial charge on any atom is -0.438 e. The second-order valence-corrected chi connectivity index (χ2v) is 6.32. The molecule has 1 saturated carbocycles. The van der Waals surface area contributed by atoms with Gasteiger partial charge in [0.05, 0.1) is 22.0 Å². The number of hydrogen-bond donors (Lipinski definition) is 1. The van der Waals surface area contributed by atoms with Gasteiger partial charge in [-0.1, -0.05) is 11.6 Å². The quantitative estimate of drug-likeness (QED) is 0.855. The van der Waals surface area contributed by atoms with Gasteiger partial charge in [-0.2, -0.15) is 0 Å². The highest BCUT2D eigenvalue weighted by Crippen LogP contribution is 2.33. The number of rotatable bonds is 1. The van der Waals surface area contributed by atoms with Crippen LogP contribution in [0.3, 0.4) is 0 Å². The van der Waals surface area contributed by atoms with Gasteiger partial charge in [0.2, 0.25) is 12.5 Å². The zero-order valence-corrected chi connectivity index (χ0v) is 12.2. The molecular formula is C16H19ClN2O+2. The summed E-state index contributed by atoms with van der Waals surface area (Å²) in [6.45, 7) is 1.80. The molecule has 1 aromatic carbocycles. The van der Waals surface area contributed by atoms with Gasteiger partial charge in [0.25, 0.3) is 5.52 Å². The Kier molecular flexibility index (Phi) is 3.04. The Hall–Kier alpha value is -1.32. The Balaban J connectivity index is 1.74. The molecule has 1 aromatic heterocycles. The van der Waals surface area contributed by atoms with Crippen LogP contribution in [0.15, 0.2) is 24.4 Å². The van der Waals surface area contributed by atoms with Gasteiger partial charge in [-0.15, -0.1) is 0 Å². The summed E-state index contributed by atoms with van der Waals surface area (Å²) in [6.07, 6.45) is 7.34. The first-order chi connectivity index (χ1) is 9.83. The summed E-state index contributed by atoms with van der Waals surface area (Å²) in [5.74, 6) is 0.992. The predicted molar refractivity (Wildman–Crippen MR) is 77.9 cm³/mol. The average Bonchev–Trinajstić information content (AvgIpc) is 3.01. The van der Waals surface area contributed by atoms with E-state index in [0.29, 0.717) is 0 Å². The van der Waals surface area contributed by atoms with E-state index in [2.05, 4.69) is 11.1 Å². The number of pyridine rings is 1. The van der Waals surface area contributed by atoms with Gasteiger partial charge in [0, 0.05) is 6.07 Å². The van der Waals surface area contributed by atoms with E-state index in [1.165, 1.54) is 31.2 Å². The highest BCUT2D eigenvalue weighted by atomic mass is 35.5.